The van der Waals surface area contributed by atoms with Crippen molar-refractivity contribution in [3.63, 3.8) is 0 Å². The number of phenolic OH excluding ortho intramolecular Hbond substituents is 1. The first kappa shape index (κ1) is 25.6. The number of benzene rings is 2. The molecule has 1 amide bonds. The largest absolute Gasteiger partial charge is 0.508 e. The molecule has 2 rings (SSSR count). The summed E-state index contributed by atoms with van der Waals surface area (Å²) in [6.07, 6.45) is 19.3. The highest BCUT2D eigenvalue weighted by molar-refractivity contribution is 6.04. The fourth-order valence-electron chi connectivity index (χ4n) is 3.69. The third kappa shape index (κ3) is 11.1. The van der Waals surface area contributed by atoms with Gasteiger partial charge in [-0.05, 0) is 61.4 Å². The second kappa shape index (κ2) is 16.1. The van der Waals surface area contributed by atoms with Gasteiger partial charge in [-0.2, -0.15) is 0 Å². The molecular weight excluding hydrogens is 396 g/mol. The van der Waals surface area contributed by atoms with E-state index in [1.165, 1.54) is 77.0 Å². The highest BCUT2D eigenvalue weighted by Crippen LogP contribution is 2.17. The van der Waals surface area contributed by atoms with Crippen LogP contribution in [0.2, 0.25) is 0 Å². The van der Waals surface area contributed by atoms with E-state index in [2.05, 4.69) is 17.2 Å². The van der Waals surface area contributed by atoms with Crippen LogP contribution < -0.4 is 5.32 Å². The number of amides is 1. The van der Waals surface area contributed by atoms with Crippen LogP contribution in [-0.4, -0.2) is 17.2 Å². The fourth-order valence-corrected chi connectivity index (χ4v) is 3.69. The summed E-state index contributed by atoms with van der Waals surface area (Å²) in [6.45, 7) is 2.27. The first-order chi connectivity index (χ1) is 15.7. The molecule has 0 unspecified atom stereocenters. The van der Waals surface area contributed by atoms with E-state index in [1.807, 2.05) is 18.3 Å². The molecule has 0 aromatic heterocycles. The Hall–Kier alpha value is -2.62. The first-order valence-electron chi connectivity index (χ1n) is 12.4. The van der Waals surface area contributed by atoms with Crippen LogP contribution in [0.4, 0.5) is 11.4 Å². The minimum Gasteiger partial charge on any atom is -0.508 e. The average Bonchev–Trinajstić information content (AvgIpc) is 2.81. The summed E-state index contributed by atoms with van der Waals surface area (Å²) in [4.78, 5) is 16.8. The van der Waals surface area contributed by atoms with E-state index in [9.17, 15) is 9.90 Å². The molecule has 0 bridgehead atoms. The SMILES string of the molecule is CCCCCCCCCCCCCC/C=N/c1ccc(C(=O)Nc2ccc(O)cc2)cc1. The lowest BCUT2D eigenvalue weighted by atomic mass is 10.0. The van der Waals surface area contributed by atoms with Crippen LogP contribution >= 0.6 is 0 Å². The second-order valence-corrected chi connectivity index (χ2v) is 8.54. The van der Waals surface area contributed by atoms with Gasteiger partial charge >= 0.3 is 0 Å². The molecule has 0 aliphatic rings. The number of carbonyl (C=O) groups is 1. The van der Waals surface area contributed by atoms with E-state index in [4.69, 9.17) is 0 Å². The Bertz CT molecular complexity index is 782. The van der Waals surface area contributed by atoms with Crippen LogP contribution in [0, 0.1) is 0 Å². The molecule has 4 heteroatoms. The third-order valence-electron chi connectivity index (χ3n) is 5.68. The van der Waals surface area contributed by atoms with Gasteiger partial charge in [0.25, 0.3) is 5.91 Å². The van der Waals surface area contributed by atoms with Gasteiger partial charge in [-0.1, -0.05) is 77.6 Å². The number of nitrogens with one attached hydrogen (secondary N) is 1. The zero-order valence-corrected chi connectivity index (χ0v) is 19.7. The number of carbonyl (C=O) groups excluding carboxylic acids is 1. The summed E-state index contributed by atoms with van der Waals surface area (Å²) in [6, 6.07) is 13.7. The number of phenols is 1. The molecule has 2 aromatic carbocycles. The van der Waals surface area contributed by atoms with Crippen molar-refractivity contribution in [1.82, 2.24) is 0 Å². The molecule has 0 saturated heterocycles. The highest BCUT2D eigenvalue weighted by Gasteiger charge is 2.05. The third-order valence-corrected chi connectivity index (χ3v) is 5.68. The Labute approximate surface area is 194 Å². The number of aliphatic imine (C=N–C) groups is 1. The first-order valence-corrected chi connectivity index (χ1v) is 12.4. The normalized spacial score (nSPS) is 11.2. The minimum absolute atomic E-state index is 0.175. The van der Waals surface area contributed by atoms with Crippen molar-refractivity contribution in [2.45, 2.75) is 90.4 Å². The van der Waals surface area contributed by atoms with E-state index < -0.39 is 0 Å². The van der Waals surface area contributed by atoms with Crippen molar-refractivity contribution >= 4 is 23.5 Å². The molecule has 32 heavy (non-hydrogen) atoms. The Balaban J connectivity index is 1.53. The van der Waals surface area contributed by atoms with Gasteiger partial charge in [0.05, 0.1) is 5.69 Å². The fraction of sp³-hybridized carbons (Fsp3) is 0.500. The summed E-state index contributed by atoms with van der Waals surface area (Å²) >= 11 is 0. The molecular formula is C28H40N2O2. The van der Waals surface area contributed by atoms with E-state index in [0.29, 0.717) is 11.3 Å². The lowest BCUT2D eigenvalue weighted by Crippen LogP contribution is -2.11. The number of anilines is 1. The van der Waals surface area contributed by atoms with Crippen LogP contribution in [0.25, 0.3) is 0 Å². The standard InChI is InChI=1S/C28H40N2O2/c1-2-3-4-5-6-7-8-9-10-11-12-13-14-23-29-25-17-15-24(16-18-25)28(32)30-26-19-21-27(31)22-20-26/h15-23,31H,2-14H2,1H3,(H,30,32)/b29-23+. The van der Waals surface area contributed by atoms with Crippen molar-refractivity contribution in [2.75, 3.05) is 5.32 Å². The summed E-state index contributed by atoms with van der Waals surface area (Å²) < 4.78 is 0. The van der Waals surface area contributed by atoms with Crippen molar-refractivity contribution < 1.29 is 9.90 Å². The Morgan fingerprint density at radius 3 is 1.88 bits per heavy atom. The predicted octanol–water partition coefficient (Wildman–Crippen LogP) is 8.44. The second-order valence-electron chi connectivity index (χ2n) is 8.54. The maximum Gasteiger partial charge on any atom is 0.255 e. The van der Waals surface area contributed by atoms with Gasteiger partial charge in [0.15, 0.2) is 0 Å². The Morgan fingerprint density at radius 1 is 0.781 bits per heavy atom. The molecule has 0 atom stereocenters. The van der Waals surface area contributed by atoms with E-state index in [1.54, 1.807) is 36.4 Å². The van der Waals surface area contributed by atoms with Gasteiger partial charge in [0, 0.05) is 17.5 Å². The molecule has 2 N–H and O–H groups in total. The molecule has 0 aliphatic carbocycles. The quantitative estimate of drug-likeness (QED) is 0.157. The maximum absolute atomic E-state index is 12.3. The molecule has 0 heterocycles. The number of aromatic hydroxyl groups is 1. The van der Waals surface area contributed by atoms with Gasteiger partial charge in [0.1, 0.15) is 5.75 Å². The van der Waals surface area contributed by atoms with Crippen LogP contribution in [-0.2, 0) is 0 Å². The van der Waals surface area contributed by atoms with Gasteiger partial charge in [-0.3, -0.25) is 9.79 Å². The number of hydrogen-bond acceptors (Lipinski definition) is 3. The van der Waals surface area contributed by atoms with Crippen LogP contribution in [0.3, 0.4) is 0 Å². The molecule has 4 nitrogen and oxygen atoms in total. The molecule has 0 aliphatic heterocycles. The number of rotatable bonds is 16. The lowest BCUT2D eigenvalue weighted by Gasteiger charge is -2.05. The Kier molecular flexibility index (Phi) is 12.9. The monoisotopic (exact) mass is 436 g/mol. The predicted molar refractivity (Wildman–Crippen MR) is 136 cm³/mol. The van der Waals surface area contributed by atoms with Gasteiger partial charge in [-0.15, -0.1) is 0 Å². The van der Waals surface area contributed by atoms with Gasteiger partial charge in [-0.25, -0.2) is 0 Å². The summed E-state index contributed by atoms with van der Waals surface area (Å²) in [5, 5.41) is 12.1. The van der Waals surface area contributed by atoms with Crippen molar-refractivity contribution in [3.8, 4) is 5.75 Å². The highest BCUT2D eigenvalue weighted by atomic mass is 16.3. The summed E-state index contributed by atoms with van der Waals surface area (Å²) in [5.74, 6) is -0.00331. The number of unbranched alkanes of at least 4 members (excludes halogenated alkanes) is 12. The summed E-state index contributed by atoms with van der Waals surface area (Å²) in [7, 11) is 0. The lowest BCUT2D eigenvalue weighted by molar-refractivity contribution is 0.102. The van der Waals surface area contributed by atoms with Crippen LogP contribution in [0.5, 0.6) is 5.75 Å². The molecule has 0 fully saturated rings. The molecule has 0 spiro atoms. The van der Waals surface area contributed by atoms with Crippen molar-refractivity contribution in [1.29, 1.82) is 0 Å². The zero-order chi connectivity index (χ0) is 22.9. The smallest absolute Gasteiger partial charge is 0.255 e. The van der Waals surface area contributed by atoms with Crippen molar-refractivity contribution in [3.05, 3.63) is 54.1 Å². The van der Waals surface area contributed by atoms with Crippen molar-refractivity contribution in [2.24, 2.45) is 4.99 Å². The Morgan fingerprint density at radius 2 is 1.31 bits per heavy atom. The van der Waals surface area contributed by atoms with Crippen LogP contribution in [0.1, 0.15) is 101 Å². The van der Waals surface area contributed by atoms with E-state index in [0.717, 1.165) is 12.1 Å². The van der Waals surface area contributed by atoms with E-state index in [-0.39, 0.29) is 11.7 Å². The molecule has 0 radical (unpaired) electrons. The maximum atomic E-state index is 12.3. The number of nitrogens with zero attached hydrogens (tertiary/aromatic N) is 1. The number of hydrogen-bond donors (Lipinski definition) is 2. The molecule has 0 saturated carbocycles. The topological polar surface area (TPSA) is 61.7 Å². The van der Waals surface area contributed by atoms with E-state index >= 15 is 0 Å². The van der Waals surface area contributed by atoms with Gasteiger partial charge < -0.3 is 10.4 Å². The van der Waals surface area contributed by atoms with Gasteiger partial charge in [0.2, 0.25) is 0 Å². The zero-order valence-electron chi connectivity index (χ0n) is 19.7. The minimum atomic E-state index is -0.178. The molecule has 174 valence electrons. The van der Waals surface area contributed by atoms with Crippen LogP contribution in [0.15, 0.2) is 53.5 Å². The molecule has 2 aromatic rings. The average molecular weight is 437 g/mol. The summed E-state index contributed by atoms with van der Waals surface area (Å²) in [5.41, 5.74) is 2.10.